The Bertz CT molecular complexity index is 385. The van der Waals surface area contributed by atoms with E-state index in [2.05, 4.69) is 16.7 Å². The zero-order chi connectivity index (χ0) is 18.6. The van der Waals surface area contributed by atoms with Gasteiger partial charge in [-0.05, 0) is 32.2 Å². The molecule has 0 spiro atoms. The first-order chi connectivity index (χ1) is 12.7. The van der Waals surface area contributed by atoms with Gasteiger partial charge in [0, 0.05) is 45.8 Å². The molecule has 0 aromatic carbocycles. The molecule has 0 N–H and O–H groups in total. The fourth-order valence-electron chi connectivity index (χ4n) is 3.59. The number of rotatable bonds is 10. The summed E-state index contributed by atoms with van der Waals surface area (Å²) in [6, 6.07) is 0. The number of carbonyl (C=O) groups excluding carboxylic acids is 1. The fourth-order valence-corrected chi connectivity index (χ4v) is 3.59. The van der Waals surface area contributed by atoms with Crippen LogP contribution >= 0.6 is 0 Å². The number of ether oxygens (including phenoxy) is 3. The van der Waals surface area contributed by atoms with Gasteiger partial charge in [0.2, 0.25) is 0 Å². The van der Waals surface area contributed by atoms with Crippen molar-refractivity contribution in [2.45, 2.75) is 26.7 Å². The van der Waals surface area contributed by atoms with Crippen LogP contribution in [0, 0.1) is 5.92 Å². The molecular weight excluding hydrogens is 334 g/mol. The highest BCUT2D eigenvalue weighted by Gasteiger charge is 2.20. The number of morpholine rings is 2. The van der Waals surface area contributed by atoms with E-state index in [0.717, 1.165) is 91.6 Å². The summed E-state index contributed by atoms with van der Waals surface area (Å²) in [6.07, 6.45) is 1.95. The maximum atomic E-state index is 12.3. The molecule has 2 aliphatic rings. The van der Waals surface area contributed by atoms with Crippen molar-refractivity contribution in [3.8, 4) is 0 Å². The minimum atomic E-state index is -0.173. The van der Waals surface area contributed by atoms with E-state index in [4.69, 9.17) is 14.2 Å². The van der Waals surface area contributed by atoms with Crippen LogP contribution in [0.15, 0.2) is 0 Å². The largest absolute Gasteiger partial charge is 0.450 e. The molecule has 0 aromatic heterocycles. The van der Waals surface area contributed by atoms with Crippen LogP contribution in [0.5, 0.6) is 0 Å². The second-order valence-corrected chi connectivity index (χ2v) is 7.32. The van der Waals surface area contributed by atoms with Gasteiger partial charge in [-0.3, -0.25) is 9.80 Å². The molecule has 1 unspecified atom stereocenters. The van der Waals surface area contributed by atoms with Gasteiger partial charge < -0.3 is 19.1 Å². The van der Waals surface area contributed by atoms with E-state index in [9.17, 15) is 4.79 Å². The minimum Gasteiger partial charge on any atom is -0.450 e. The Kier molecular flexibility index (Phi) is 10.3. The molecular formula is C19H37N3O4. The number of unbranched alkanes of at least 4 members (excludes halogenated alkanes) is 1. The lowest BCUT2D eigenvalue weighted by Crippen LogP contribution is -2.43. The molecule has 152 valence electrons. The number of nitrogens with zero attached hydrogens (tertiary/aromatic N) is 3. The molecule has 0 radical (unpaired) electrons. The van der Waals surface area contributed by atoms with Crippen LogP contribution in [0.25, 0.3) is 0 Å². The summed E-state index contributed by atoms with van der Waals surface area (Å²) in [7, 11) is 0. The average Bonchev–Trinajstić information content (AvgIpc) is 2.66. The average molecular weight is 372 g/mol. The molecule has 1 atom stereocenters. The lowest BCUT2D eigenvalue weighted by atomic mass is 10.1. The van der Waals surface area contributed by atoms with Gasteiger partial charge in [-0.25, -0.2) is 4.79 Å². The highest BCUT2D eigenvalue weighted by atomic mass is 16.6. The second-order valence-electron chi connectivity index (χ2n) is 7.32. The molecule has 2 rings (SSSR count). The van der Waals surface area contributed by atoms with Gasteiger partial charge in [-0.2, -0.15) is 0 Å². The molecule has 7 nitrogen and oxygen atoms in total. The summed E-state index contributed by atoms with van der Waals surface area (Å²) < 4.78 is 16.1. The van der Waals surface area contributed by atoms with Gasteiger partial charge in [0.15, 0.2) is 0 Å². The first-order valence-corrected chi connectivity index (χ1v) is 10.2. The third kappa shape index (κ3) is 8.20. The van der Waals surface area contributed by atoms with Gasteiger partial charge in [-0.1, -0.05) is 6.92 Å². The molecule has 2 heterocycles. The normalized spacial score (nSPS) is 20.7. The smallest absolute Gasteiger partial charge is 0.409 e. The molecule has 0 saturated carbocycles. The van der Waals surface area contributed by atoms with Crippen LogP contribution < -0.4 is 0 Å². The predicted molar refractivity (Wildman–Crippen MR) is 102 cm³/mol. The van der Waals surface area contributed by atoms with E-state index in [-0.39, 0.29) is 6.09 Å². The lowest BCUT2D eigenvalue weighted by molar-refractivity contribution is 0.0280. The first kappa shape index (κ1) is 21.4. The fraction of sp³-hybridized carbons (Fsp3) is 0.947. The van der Waals surface area contributed by atoms with E-state index in [0.29, 0.717) is 12.5 Å². The van der Waals surface area contributed by atoms with Crippen LogP contribution in [0.3, 0.4) is 0 Å². The van der Waals surface area contributed by atoms with Crippen molar-refractivity contribution in [1.82, 2.24) is 14.7 Å². The topological polar surface area (TPSA) is 54.5 Å². The van der Waals surface area contributed by atoms with Crippen molar-refractivity contribution in [3.05, 3.63) is 0 Å². The van der Waals surface area contributed by atoms with Crippen molar-refractivity contribution in [2.75, 3.05) is 85.4 Å². The van der Waals surface area contributed by atoms with Crippen molar-refractivity contribution in [3.63, 3.8) is 0 Å². The van der Waals surface area contributed by atoms with Crippen LogP contribution in [0.2, 0.25) is 0 Å². The van der Waals surface area contributed by atoms with E-state index >= 15 is 0 Å². The Morgan fingerprint density at radius 2 is 1.65 bits per heavy atom. The molecule has 0 bridgehead atoms. The van der Waals surface area contributed by atoms with Crippen LogP contribution in [-0.2, 0) is 14.2 Å². The van der Waals surface area contributed by atoms with Crippen molar-refractivity contribution in [1.29, 1.82) is 0 Å². The number of amides is 1. The molecule has 26 heavy (non-hydrogen) atoms. The van der Waals surface area contributed by atoms with E-state index in [1.807, 2.05) is 11.8 Å². The SMILES string of the molecule is CCOC(=O)N(CCCCN1CCOCC1)CC(C)CN1CCOCC1. The Hall–Kier alpha value is -0.890. The highest BCUT2D eigenvalue weighted by molar-refractivity contribution is 5.67. The molecule has 1 amide bonds. The van der Waals surface area contributed by atoms with E-state index < -0.39 is 0 Å². The van der Waals surface area contributed by atoms with Gasteiger partial charge in [-0.15, -0.1) is 0 Å². The molecule has 0 aromatic rings. The van der Waals surface area contributed by atoms with Crippen molar-refractivity contribution < 1.29 is 19.0 Å². The zero-order valence-electron chi connectivity index (χ0n) is 16.7. The Morgan fingerprint density at radius 3 is 2.27 bits per heavy atom. The highest BCUT2D eigenvalue weighted by Crippen LogP contribution is 2.09. The Morgan fingerprint density at radius 1 is 1.04 bits per heavy atom. The zero-order valence-corrected chi connectivity index (χ0v) is 16.7. The standard InChI is InChI=1S/C19H37N3O4/c1-3-26-19(23)22(7-5-4-6-20-8-12-24-13-9-20)17-18(2)16-21-10-14-25-15-11-21/h18H,3-17H2,1-2H3. The Balaban J connectivity index is 1.70. The minimum absolute atomic E-state index is 0.173. The number of hydrogen-bond donors (Lipinski definition) is 0. The molecule has 2 fully saturated rings. The van der Waals surface area contributed by atoms with Gasteiger partial charge >= 0.3 is 6.09 Å². The van der Waals surface area contributed by atoms with Crippen LogP contribution in [0.4, 0.5) is 4.79 Å². The Labute approximate surface area is 158 Å². The van der Waals surface area contributed by atoms with Crippen LogP contribution in [-0.4, -0.2) is 106 Å². The van der Waals surface area contributed by atoms with E-state index in [1.54, 1.807) is 0 Å². The van der Waals surface area contributed by atoms with Gasteiger partial charge in [0.05, 0.1) is 33.0 Å². The predicted octanol–water partition coefficient (Wildman–Crippen LogP) is 1.53. The monoisotopic (exact) mass is 371 g/mol. The quantitative estimate of drug-likeness (QED) is 0.543. The maximum Gasteiger partial charge on any atom is 0.409 e. The van der Waals surface area contributed by atoms with E-state index in [1.165, 1.54) is 0 Å². The number of carbonyl (C=O) groups is 1. The van der Waals surface area contributed by atoms with Crippen molar-refractivity contribution >= 4 is 6.09 Å². The molecule has 2 saturated heterocycles. The lowest BCUT2D eigenvalue weighted by Gasteiger charge is -2.31. The number of hydrogen-bond acceptors (Lipinski definition) is 6. The molecule has 2 aliphatic heterocycles. The summed E-state index contributed by atoms with van der Waals surface area (Å²) in [5.41, 5.74) is 0. The summed E-state index contributed by atoms with van der Waals surface area (Å²) in [5, 5.41) is 0. The summed E-state index contributed by atoms with van der Waals surface area (Å²) >= 11 is 0. The third-order valence-corrected chi connectivity index (χ3v) is 4.99. The van der Waals surface area contributed by atoms with Gasteiger partial charge in [0.25, 0.3) is 0 Å². The van der Waals surface area contributed by atoms with Crippen molar-refractivity contribution in [2.24, 2.45) is 5.92 Å². The summed E-state index contributed by atoms with van der Waals surface area (Å²) in [4.78, 5) is 19.1. The van der Waals surface area contributed by atoms with Crippen LogP contribution in [0.1, 0.15) is 26.7 Å². The second kappa shape index (κ2) is 12.5. The third-order valence-electron chi connectivity index (χ3n) is 4.99. The molecule has 0 aliphatic carbocycles. The summed E-state index contributed by atoms with van der Waals surface area (Å²) in [6.45, 7) is 15.5. The van der Waals surface area contributed by atoms with Gasteiger partial charge in [0.1, 0.15) is 0 Å². The molecule has 7 heteroatoms. The maximum absolute atomic E-state index is 12.3. The summed E-state index contributed by atoms with van der Waals surface area (Å²) in [5.74, 6) is 0.428. The first-order valence-electron chi connectivity index (χ1n) is 10.2.